The van der Waals surface area contributed by atoms with Crippen LogP contribution in [0.2, 0.25) is 0 Å². The molecular formula is C25H27N3O5S2. The second-order valence-electron chi connectivity index (χ2n) is 8.22. The van der Waals surface area contributed by atoms with Gasteiger partial charge in [-0.15, -0.1) is 0 Å². The largest absolute Gasteiger partial charge is 0.497 e. The number of rotatable bonds is 8. The Labute approximate surface area is 206 Å². The van der Waals surface area contributed by atoms with Gasteiger partial charge in [-0.2, -0.15) is 17.9 Å². The number of anilines is 1. The molecule has 0 aromatic heterocycles. The molecule has 0 fully saturated rings. The summed E-state index contributed by atoms with van der Waals surface area (Å²) in [5, 5.41) is 4.54. The first-order valence-electron chi connectivity index (χ1n) is 11.1. The summed E-state index contributed by atoms with van der Waals surface area (Å²) in [6, 6.07) is 20.1. The minimum atomic E-state index is -3.96. The third kappa shape index (κ3) is 5.33. The number of hydrogen-bond donors (Lipinski definition) is 1. The minimum absolute atomic E-state index is 0.0569. The molecule has 35 heavy (non-hydrogen) atoms. The van der Waals surface area contributed by atoms with E-state index in [4.69, 9.17) is 4.74 Å². The molecule has 1 heterocycles. The van der Waals surface area contributed by atoms with Crippen LogP contribution in [0.3, 0.4) is 0 Å². The minimum Gasteiger partial charge on any atom is -0.497 e. The van der Waals surface area contributed by atoms with Gasteiger partial charge >= 0.3 is 0 Å². The highest BCUT2D eigenvalue weighted by Gasteiger charge is 2.38. The maximum Gasteiger partial charge on any atom is 0.279 e. The predicted molar refractivity (Wildman–Crippen MR) is 137 cm³/mol. The predicted octanol–water partition coefficient (Wildman–Crippen LogP) is 4.31. The van der Waals surface area contributed by atoms with Gasteiger partial charge in [-0.1, -0.05) is 42.0 Å². The van der Waals surface area contributed by atoms with E-state index in [0.717, 1.165) is 15.5 Å². The highest BCUT2D eigenvalue weighted by atomic mass is 32.2. The molecule has 1 N–H and O–H groups in total. The number of benzene rings is 3. The van der Waals surface area contributed by atoms with Crippen LogP contribution in [0.4, 0.5) is 5.69 Å². The topological polar surface area (TPSA) is 105 Å². The van der Waals surface area contributed by atoms with Crippen molar-refractivity contribution >= 4 is 31.4 Å². The standard InChI is InChI=1S/C25H27N3O5S2/c1-4-34(29,30)27-21-9-5-7-19(15-21)24-17-25(20-8-6-10-22(16-20)33-3)28(26-24)35(31,32)23-13-11-18(2)12-14-23/h5-16,25,27H,4,17H2,1-3H3/t25-/m1/s1. The van der Waals surface area contributed by atoms with Gasteiger partial charge in [0, 0.05) is 12.1 Å². The molecule has 184 valence electrons. The maximum absolute atomic E-state index is 13.7. The Kier molecular flexibility index (Phi) is 6.86. The van der Waals surface area contributed by atoms with Crippen molar-refractivity contribution in [1.29, 1.82) is 0 Å². The summed E-state index contributed by atoms with van der Waals surface area (Å²) >= 11 is 0. The van der Waals surface area contributed by atoms with Gasteiger partial charge in [0.25, 0.3) is 10.0 Å². The van der Waals surface area contributed by atoms with E-state index in [2.05, 4.69) is 9.82 Å². The number of aryl methyl sites for hydroxylation is 1. The molecule has 0 spiro atoms. The monoisotopic (exact) mass is 513 g/mol. The Morgan fingerprint density at radius 2 is 1.71 bits per heavy atom. The third-order valence-electron chi connectivity index (χ3n) is 5.77. The van der Waals surface area contributed by atoms with Crippen LogP contribution >= 0.6 is 0 Å². The van der Waals surface area contributed by atoms with Crippen molar-refractivity contribution in [1.82, 2.24) is 4.41 Å². The lowest BCUT2D eigenvalue weighted by molar-refractivity contribution is 0.368. The Morgan fingerprint density at radius 1 is 1.00 bits per heavy atom. The molecule has 1 atom stereocenters. The zero-order valence-corrected chi connectivity index (χ0v) is 21.3. The Morgan fingerprint density at radius 3 is 2.40 bits per heavy atom. The van der Waals surface area contributed by atoms with E-state index in [1.165, 1.54) is 0 Å². The Hall–Kier alpha value is -3.37. The molecule has 0 bridgehead atoms. The van der Waals surface area contributed by atoms with Crippen molar-refractivity contribution in [3.63, 3.8) is 0 Å². The number of hydrazone groups is 1. The molecule has 0 saturated carbocycles. The molecule has 0 amide bonds. The zero-order valence-electron chi connectivity index (χ0n) is 19.7. The fourth-order valence-corrected chi connectivity index (χ4v) is 5.88. The van der Waals surface area contributed by atoms with E-state index < -0.39 is 26.1 Å². The number of hydrogen-bond acceptors (Lipinski definition) is 6. The van der Waals surface area contributed by atoms with E-state index in [1.807, 2.05) is 19.1 Å². The third-order valence-corrected chi connectivity index (χ3v) is 8.77. The Balaban J connectivity index is 1.78. The maximum atomic E-state index is 13.7. The second kappa shape index (κ2) is 9.71. The molecule has 1 aliphatic heterocycles. The van der Waals surface area contributed by atoms with Crippen LogP contribution in [0.5, 0.6) is 5.75 Å². The van der Waals surface area contributed by atoms with Crippen molar-refractivity contribution in [3.8, 4) is 5.75 Å². The zero-order chi connectivity index (χ0) is 25.2. The van der Waals surface area contributed by atoms with Gasteiger partial charge in [0.2, 0.25) is 10.0 Å². The van der Waals surface area contributed by atoms with Gasteiger partial charge < -0.3 is 4.74 Å². The summed E-state index contributed by atoms with van der Waals surface area (Å²) in [5.74, 6) is 0.554. The lowest BCUT2D eigenvalue weighted by Gasteiger charge is -2.23. The van der Waals surface area contributed by atoms with E-state index in [9.17, 15) is 16.8 Å². The van der Waals surface area contributed by atoms with Gasteiger partial charge in [-0.25, -0.2) is 8.42 Å². The van der Waals surface area contributed by atoms with E-state index >= 15 is 0 Å². The first-order chi connectivity index (χ1) is 16.6. The summed E-state index contributed by atoms with van der Waals surface area (Å²) in [4.78, 5) is 0.144. The second-order valence-corrected chi connectivity index (χ2v) is 12.0. The van der Waals surface area contributed by atoms with E-state index in [0.29, 0.717) is 29.1 Å². The summed E-state index contributed by atoms with van der Waals surface area (Å²) in [7, 11) is -5.87. The molecular weight excluding hydrogens is 486 g/mol. The molecule has 0 unspecified atom stereocenters. The van der Waals surface area contributed by atoms with Gasteiger partial charge in [0.05, 0.1) is 29.5 Å². The van der Waals surface area contributed by atoms with Crippen LogP contribution in [-0.2, 0) is 20.0 Å². The van der Waals surface area contributed by atoms with Crippen LogP contribution < -0.4 is 9.46 Å². The quantitative estimate of drug-likeness (QED) is 0.483. The van der Waals surface area contributed by atoms with Crippen LogP contribution in [0, 0.1) is 6.92 Å². The SMILES string of the molecule is CCS(=O)(=O)Nc1cccc(C2=NN(S(=O)(=O)c3ccc(C)cc3)[C@@H](c3cccc(OC)c3)C2)c1. The fraction of sp³-hybridized carbons (Fsp3) is 0.240. The molecule has 0 radical (unpaired) electrons. The number of ether oxygens (including phenoxy) is 1. The van der Waals surface area contributed by atoms with E-state index in [-0.39, 0.29) is 10.6 Å². The van der Waals surface area contributed by atoms with Crippen molar-refractivity contribution in [3.05, 3.63) is 89.5 Å². The molecule has 4 rings (SSSR count). The summed E-state index contributed by atoms with van der Waals surface area (Å²) in [6.07, 6.45) is 0.308. The molecule has 0 aliphatic carbocycles. The number of nitrogens with one attached hydrogen (secondary N) is 1. The highest BCUT2D eigenvalue weighted by molar-refractivity contribution is 7.92. The van der Waals surface area contributed by atoms with Crippen LogP contribution in [-0.4, -0.2) is 39.8 Å². The van der Waals surface area contributed by atoms with Gasteiger partial charge in [-0.05, 0) is 61.4 Å². The van der Waals surface area contributed by atoms with Gasteiger partial charge in [0.15, 0.2) is 0 Å². The Bertz CT molecular complexity index is 1470. The molecule has 3 aromatic rings. The lowest BCUT2D eigenvalue weighted by Crippen LogP contribution is -2.27. The van der Waals surface area contributed by atoms with Gasteiger partial charge in [0.1, 0.15) is 5.75 Å². The number of sulfonamides is 2. The molecule has 10 heteroatoms. The lowest BCUT2D eigenvalue weighted by atomic mass is 9.99. The molecule has 0 saturated heterocycles. The van der Waals surface area contributed by atoms with Crippen molar-refractivity contribution < 1.29 is 21.6 Å². The number of methoxy groups -OCH3 is 1. The highest BCUT2D eigenvalue weighted by Crippen LogP contribution is 2.38. The summed E-state index contributed by atoms with van der Waals surface area (Å²) in [6.45, 7) is 3.45. The van der Waals surface area contributed by atoms with Crippen LogP contribution in [0.25, 0.3) is 0 Å². The normalized spacial score (nSPS) is 16.1. The van der Waals surface area contributed by atoms with Crippen molar-refractivity contribution in [2.75, 3.05) is 17.6 Å². The van der Waals surface area contributed by atoms with Crippen molar-refractivity contribution in [2.45, 2.75) is 31.2 Å². The molecule has 3 aromatic carbocycles. The fourth-order valence-electron chi connectivity index (χ4n) is 3.81. The first kappa shape index (κ1) is 24.7. The average Bonchev–Trinajstić information content (AvgIpc) is 3.31. The molecule has 8 nitrogen and oxygen atoms in total. The molecule has 1 aliphatic rings. The van der Waals surface area contributed by atoms with E-state index in [1.54, 1.807) is 74.7 Å². The van der Waals surface area contributed by atoms with Crippen LogP contribution in [0.1, 0.15) is 36.1 Å². The number of nitrogens with zero attached hydrogens (tertiary/aromatic N) is 2. The summed E-state index contributed by atoms with van der Waals surface area (Å²) < 4.78 is 60.4. The van der Waals surface area contributed by atoms with Gasteiger partial charge in [-0.3, -0.25) is 4.72 Å². The first-order valence-corrected chi connectivity index (χ1v) is 14.2. The smallest absolute Gasteiger partial charge is 0.279 e. The van der Waals surface area contributed by atoms with Crippen LogP contribution in [0.15, 0.2) is 82.8 Å². The summed E-state index contributed by atoms with van der Waals surface area (Å²) in [5.41, 5.74) is 3.25. The van der Waals surface area contributed by atoms with Crippen molar-refractivity contribution in [2.24, 2.45) is 5.10 Å². The average molecular weight is 514 g/mol.